The summed E-state index contributed by atoms with van der Waals surface area (Å²) >= 11 is 0. The predicted molar refractivity (Wildman–Crippen MR) is 67.6 cm³/mol. The first-order valence-electron chi connectivity index (χ1n) is 5.88. The number of hydrogen-bond donors (Lipinski definition) is 2. The molecule has 0 aromatic heterocycles. The minimum atomic E-state index is -0.306. The highest BCUT2D eigenvalue weighted by Crippen LogP contribution is 2.04. The molecule has 1 aromatic rings. The van der Waals surface area contributed by atoms with E-state index in [2.05, 4.69) is 5.32 Å². The molecule has 1 rings (SSSR count). The molecule has 3 N–H and O–H groups in total. The molecule has 0 saturated heterocycles. The molecule has 0 radical (unpaired) electrons. The van der Waals surface area contributed by atoms with Crippen molar-refractivity contribution in [1.82, 2.24) is 5.32 Å². The van der Waals surface area contributed by atoms with Gasteiger partial charge in [0.2, 0.25) is 5.91 Å². The van der Waals surface area contributed by atoms with Crippen molar-refractivity contribution in [3.63, 3.8) is 0 Å². The molecule has 0 fully saturated rings. The van der Waals surface area contributed by atoms with Gasteiger partial charge in [0.15, 0.2) is 0 Å². The van der Waals surface area contributed by atoms with E-state index >= 15 is 0 Å². The van der Waals surface area contributed by atoms with E-state index < -0.39 is 0 Å². The first-order valence-corrected chi connectivity index (χ1v) is 5.88. The van der Waals surface area contributed by atoms with Crippen LogP contribution in [0.1, 0.15) is 12.0 Å². The van der Waals surface area contributed by atoms with Gasteiger partial charge in [-0.3, -0.25) is 4.79 Å². The Morgan fingerprint density at radius 3 is 2.67 bits per heavy atom. The largest absolute Gasteiger partial charge is 0.383 e. The fraction of sp³-hybridized carbons (Fsp3) is 0.462. The summed E-state index contributed by atoms with van der Waals surface area (Å²) < 4.78 is 17.7. The minimum Gasteiger partial charge on any atom is -0.383 e. The third-order valence-electron chi connectivity index (χ3n) is 2.53. The van der Waals surface area contributed by atoms with Crippen LogP contribution in [-0.4, -0.2) is 32.2 Å². The fourth-order valence-electron chi connectivity index (χ4n) is 1.67. The monoisotopic (exact) mass is 254 g/mol. The van der Waals surface area contributed by atoms with Gasteiger partial charge in [0.25, 0.3) is 0 Å². The molecule has 100 valence electrons. The van der Waals surface area contributed by atoms with E-state index in [1.54, 1.807) is 19.2 Å². The average molecular weight is 254 g/mol. The Bertz CT molecular complexity index is 362. The fourth-order valence-corrected chi connectivity index (χ4v) is 1.67. The van der Waals surface area contributed by atoms with Crippen molar-refractivity contribution < 1.29 is 13.9 Å². The van der Waals surface area contributed by atoms with Crippen LogP contribution in [0.2, 0.25) is 0 Å². The molecule has 0 saturated carbocycles. The van der Waals surface area contributed by atoms with Gasteiger partial charge < -0.3 is 15.8 Å². The van der Waals surface area contributed by atoms with Crippen LogP contribution in [0.3, 0.4) is 0 Å². The maximum atomic E-state index is 12.7. The number of methoxy groups -OCH3 is 1. The lowest BCUT2D eigenvalue weighted by Crippen LogP contribution is -2.40. The van der Waals surface area contributed by atoms with Crippen LogP contribution in [0, 0.1) is 5.82 Å². The van der Waals surface area contributed by atoms with Crippen LogP contribution in [0.4, 0.5) is 4.39 Å². The highest BCUT2D eigenvalue weighted by molar-refractivity contribution is 5.78. The van der Waals surface area contributed by atoms with Crippen molar-refractivity contribution >= 4 is 5.91 Å². The number of amides is 1. The van der Waals surface area contributed by atoms with Crippen molar-refractivity contribution in [2.24, 2.45) is 5.73 Å². The summed E-state index contributed by atoms with van der Waals surface area (Å²) in [5.41, 5.74) is 6.23. The zero-order valence-corrected chi connectivity index (χ0v) is 10.5. The van der Waals surface area contributed by atoms with Crippen LogP contribution in [0.5, 0.6) is 0 Å². The van der Waals surface area contributed by atoms with E-state index in [0.717, 1.165) is 5.56 Å². The number of carbonyl (C=O) groups excluding carboxylic acids is 1. The zero-order valence-electron chi connectivity index (χ0n) is 10.5. The van der Waals surface area contributed by atoms with Crippen molar-refractivity contribution in [3.8, 4) is 0 Å². The highest BCUT2D eigenvalue weighted by atomic mass is 19.1. The third-order valence-corrected chi connectivity index (χ3v) is 2.53. The lowest BCUT2D eigenvalue weighted by molar-refractivity contribution is -0.121. The third kappa shape index (κ3) is 5.25. The van der Waals surface area contributed by atoms with Gasteiger partial charge in [-0.15, -0.1) is 0 Å². The summed E-state index contributed by atoms with van der Waals surface area (Å²) in [4.78, 5) is 11.8. The maximum Gasteiger partial charge on any atom is 0.224 e. The van der Waals surface area contributed by atoms with Crippen molar-refractivity contribution in [3.05, 3.63) is 35.6 Å². The van der Waals surface area contributed by atoms with Crippen LogP contribution in [0.25, 0.3) is 0 Å². The Morgan fingerprint density at radius 2 is 2.11 bits per heavy atom. The molecule has 1 aromatic carbocycles. The predicted octanol–water partition coefficient (Wildman–Crippen LogP) is 0.848. The molecule has 0 spiro atoms. The van der Waals surface area contributed by atoms with Crippen LogP contribution in [-0.2, 0) is 16.0 Å². The van der Waals surface area contributed by atoms with Gasteiger partial charge in [0.1, 0.15) is 5.82 Å². The quantitative estimate of drug-likeness (QED) is 0.758. The number of ether oxygens (including phenoxy) is 1. The Morgan fingerprint density at radius 1 is 1.44 bits per heavy atom. The molecule has 0 aliphatic rings. The second-order valence-electron chi connectivity index (χ2n) is 4.10. The first-order chi connectivity index (χ1) is 8.65. The van der Waals surface area contributed by atoms with E-state index in [-0.39, 0.29) is 24.2 Å². The van der Waals surface area contributed by atoms with Gasteiger partial charge in [-0.25, -0.2) is 4.39 Å². The van der Waals surface area contributed by atoms with Gasteiger partial charge >= 0.3 is 0 Å². The van der Waals surface area contributed by atoms with E-state index in [1.807, 2.05) is 0 Å². The standard InChI is InChI=1S/C13H19FN2O2/c1-18-9-12(6-7-15)16-13(17)8-10-2-4-11(14)5-3-10/h2-5,12H,6-9,15H2,1H3,(H,16,17). The first kappa shape index (κ1) is 14.6. The molecule has 0 aliphatic carbocycles. The normalized spacial score (nSPS) is 12.2. The molecule has 1 unspecified atom stereocenters. The number of hydrogen-bond acceptors (Lipinski definition) is 3. The summed E-state index contributed by atoms with van der Waals surface area (Å²) in [5.74, 6) is -0.420. The summed E-state index contributed by atoms with van der Waals surface area (Å²) in [6.45, 7) is 0.928. The second-order valence-corrected chi connectivity index (χ2v) is 4.10. The van der Waals surface area contributed by atoms with Gasteiger partial charge in [-0.1, -0.05) is 12.1 Å². The number of nitrogens with one attached hydrogen (secondary N) is 1. The minimum absolute atomic E-state index is 0.0760. The maximum absolute atomic E-state index is 12.7. The topological polar surface area (TPSA) is 64.3 Å². The Hall–Kier alpha value is -1.46. The van der Waals surface area contributed by atoms with Gasteiger partial charge in [-0.05, 0) is 30.7 Å². The Balaban J connectivity index is 2.46. The summed E-state index contributed by atoms with van der Waals surface area (Å²) in [7, 11) is 1.58. The number of halogens is 1. The zero-order chi connectivity index (χ0) is 13.4. The number of nitrogens with two attached hydrogens (primary N) is 1. The molecule has 18 heavy (non-hydrogen) atoms. The molecule has 1 amide bonds. The van der Waals surface area contributed by atoms with Crippen molar-refractivity contribution in [2.75, 3.05) is 20.3 Å². The van der Waals surface area contributed by atoms with Crippen molar-refractivity contribution in [1.29, 1.82) is 0 Å². The van der Waals surface area contributed by atoms with Gasteiger partial charge in [0, 0.05) is 7.11 Å². The van der Waals surface area contributed by atoms with Crippen molar-refractivity contribution in [2.45, 2.75) is 18.9 Å². The average Bonchev–Trinajstić information content (AvgIpc) is 2.33. The van der Waals surface area contributed by atoms with Crippen LogP contribution >= 0.6 is 0 Å². The Labute approximate surface area is 106 Å². The molecule has 0 heterocycles. The Kier molecular flexibility index (Phi) is 6.32. The van der Waals surface area contributed by atoms with E-state index in [4.69, 9.17) is 10.5 Å². The molecule has 4 nitrogen and oxygen atoms in total. The van der Waals surface area contributed by atoms with Crippen LogP contribution < -0.4 is 11.1 Å². The molecular weight excluding hydrogens is 235 g/mol. The van der Waals surface area contributed by atoms with E-state index in [0.29, 0.717) is 19.6 Å². The molecule has 0 aliphatic heterocycles. The number of rotatable bonds is 7. The van der Waals surface area contributed by atoms with Crippen LogP contribution in [0.15, 0.2) is 24.3 Å². The second kappa shape index (κ2) is 7.79. The molecule has 1 atom stereocenters. The smallest absolute Gasteiger partial charge is 0.224 e. The van der Waals surface area contributed by atoms with Gasteiger partial charge in [0.05, 0.1) is 19.1 Å². The highest BCUT2D eigenvalue weighted by Gasteiger charge is 2.11. The number of carbonyl (C=O) groups is 1. The van der Waals surface area contributed by atoms with E-state index in [1.165, 1.54) is 12.1 Å². The van der Waals surface area contributed by atoms with Gasteiger partial charge in [-0.2, -0.15) is 0 Å². The molecule has 0 bridgehead atoms. The summed E-state index contributed by atoms with van der Waals surface area (Å²) in [5, 5.41) is 2.84. The SMILES string of the molecule is COCC(CCN)NC(=O)Cc1ccc(F)cc1. The lowest BCUT2D eigenvalue weighted by atomic mass is 10.1. The number of benzene rings is 1. The molecular formula is C13H19FN2O2. The summed E-state index contributed by atoms with van der Waals surface area (Å²) in [6, 6.07) is 5.81. The van der Waals surface area contributed by atoms with E-state index in [9.17, 15) is 9.18 Å². The lowest BCUT2D eigenvalue weighted by Gasteiger charge is -2.17. The summed E-state index contributed by atoms with van der Waals surface area (Å²) in [6.07, 6.45) is 0.897. The molecule has 5 heteroatoms.